The van der Waals surface area contributed by atoms with Crippen LogP contribution in [0.5, 0.6) is 11.5 Å². The van der Waals surface area contributed by atoms with Crippen molar-refractivity contribution in [3.63, 3.8) is 0 Å². The van der Waals surface area contributed by atoms with E-state index in [9.17, 15) is 5.11 Å². The lowest BCUT2D eigenvalue weighted by atomic mass is 9.95. The lowest BCUT2D eigenvalue weighted by Gasteiger charge is -2.11. The Morgan fingerprint density at radius 3 is 2.00 bits per heavy atom. The summed E-state index contributed by atoms with van der Waals surface area (Å²) >= 11 is 0. The van der Waals surface area contributed by atoms with E-state index in [0.29, 0.717) is 6.61 Å². The van der Waals surface area contributed by atoms with Crippen molar-refractivity contribution in [1.82, 2.24) is 5.32 Å². The minimum Gasteiger partial charge on any atom is -0.508 e. The maximum atomic E-state index is 9.60. The molecular weight excluding hydrogens is 346 g/mol. The SMILES string of the molecule is CC.CNCCOc1ccc(/C(=C/c2ccccc2)c2ccc(O)cc2)cc1. The first kappa shape index (κ1) is 21.3. The number of phenols is 1. The molecule has 0 saturated carbocycles. The summed E-state index contributed by atoms with van der Waals surface area (Å²) in [6, 6.07) is 25.6. The first-order valence-electron chi connectivity index (χ1n) is 9.70. The van der Waals surface area contributed by atoms with Gasteiger partial charge in [0.2, 0.25) is 0 Å². The third-order valence-corrected chi connectivity index (χ3v) is 4.07. The molecule has 3 rings (SSSR count). The molecule has 0 bridgehead atoms. The Hall–Kier alpha value is -3.04. The maximum absolute atomic E-state index is 9.60. The summed E-state index contributed by atoms with van der Waals surface area (Å²) in [6.07, 6.45) is 2.16. The number of phenolic OH excluding ortho intramolecular Hbond substituents is 1. The number of nitrogens with one attached hydrogen (secondary N) is 1. The Labute approximate surface area is 168 Å². The first-order valence-corrected chi connectivity index (χ1v) is 9.70. The summed E-state index contributed by atoms with van der Waals surface area (Å²) in [5.74, 6) is 1.12. The number of hydrogen-bond donors (Lipinski definition) is 2. The standard InChI is InChI=1S/C23H23NO2.C2H6/c1-24-15-16-26-22-13-9-20(10-14-22)23(17-18-5-3-2-4-6-18)19-7-11-21(25)12-8-19;1-2/h2-14,17,24-25H,15-16H2,1H3;1-2H3/b23-17+;. The second-order valence-electron chi connectivity index (χ2n) is 5.99. The highest BCUT2D eigenvalue weighted by molar-refractivity contribution is 5.91. The zero-order valence-electron chi connectivity index (χ0n) is 16.9. The fourth-order valence-electron chi connectivity index (χ4n) is 2.69. The van der Waals surface area contributed by atoms with Crippen molar-refractivity contribution in [2.75, 3.05) is 20.2 Å². The monoisotopic (exact) mass is 375 g/mol. The fourth-order valence-corrected chi connectivity index (χ4v) is 2.69. The van der Waals surface area contributed by atoms with E-state index < -0.39 is 0 Å². The van der Waals surface area contributed by atoms with Gasteiger partial charge in [-0.2, -0.15) is 0 Å². The van der Waals surface area contributed by atoms with E-state index in [2.05, 4.69) is 35.7 Å². The molecule has 0 fully saturated rings. The molecule has 3 heteroatoms. The van der Waals surface area contributed by atoms with Gasteiger partial charge in [0.1, 0.15) is 18.1 Å². The predicted molar refractivity (Wildman–Crippen MR) is 119 cm³/mol. The molecule has 28 heavy (non-hydrogen) atoms. The van der Waals surface area contributed by atoms with E-state index in [1.807, 2.05) is 63.4 Å². The fraction of sp³-hybridized carbons (Fsp3) is 0.200. The van der Waals surface area contributed by atoms with Crippen LogP contribution >= 0.6 is 0 Å². The molecule has 0 aliphatic rings. The highest BCUT2D eigenvalue weighted by Crippen LogP contribution is 2.28. The molecule has 3 nitrogen and oxygen atoms in total. The molecule has 3 aromatic carbocycles. The Morgan fingerprint density at radius 2 is 1.43 bits per heavy atom. The van der Waals surface area contributed by atoms with Gasteiger partial charge in [0.25, 0.3) is 0 Å². The first-order chi connectivity index (χ1) is 13.8. The van der Waals surface area contributed by atoms with Crippen molar-refractivity contribution in [2.45, 2.75) is 13.8 Å². The van der Waals surface area contributed by atoms with Crippen molar-refractivity contribution in [3.05, 3.63) is 95.6 Å². The average molecular weight is 376 g/mol. The van der Waals surface area contributed by atoms with Gasteiger partial charge in [0.15, 0.2) is 0 Å². The van der Waals surface area contributed by atoms with Crippen molar-refractivity contribution >= 4 is 11.6 Å². The summed E-state index contributed by atoms with van der Waals surface area (Å²) in [7, 11) is 1.91. The zero-order chi connectivity index (χ0) is 20.2. The van der Waals surface area contributed by atoms with Gasteiger partial charge in [-0.15, -0.1) is 0 Å². The van der Waals surface area contributed by atoms with Crippen molar-refractivity contribution in [3.8, 4) is 11.5 Å². The molecule has 146 valence electrons. The Balaban J connectivity index is 0.00000136. The van der Waals surface area contributed by atoms with Crippen LogP contribution in [0.25, 0.3) is 11.6 Å². The average Bonchev–Trinajstić information content (AvgIpc) is 2.76. The zero-order valence-corrected chi connectivity index (χ0v) is 16.9. The van der Waals surface area contributed by atoms with Crippen molar-refractivity contribution in [1.29, 1.82) is 0 Å². The van der Waals surface area contributed by atoms with E-state index >= 15 is 0 Å². The van der Waals surface area contributed by atoms with Gasteiger partial charge in [0.05, 0.1) is 0 Å². The molecule has 0 saturated heterocycles. The highest BCUT2D eigenvalue weighted by Gasteiger charge is 2.07. The molecule has 0 amide bonds. The third kappa shape index (κ3) is 6.29. The van der Waals surface area contributed by atoms with Gasteiger partial charge >= 0.3 is 0 Å². The van der Waals surface area contributed by atoms with E-state index in [1.54, 1.807) is 12.1 Å². The lowest BCUT2D eigenvalue weighted by Crippen LogP contribution is -2.15. The minimum absolute atomic E-state index is 0.265. The van der Waals surface area contributed by atoms with Crippen LogP contribution < -0.4 is 10.1 Å². The molecule has 0 heterocycles. The largest absolute Gasteiger partial charge is 0.508 e. The summed E-state index contributed by atoms with van der Waals surface area (Å²) in [6.45, 7) is 5.45. The molecule has 0 unspecified atom stereocenters. The Morgan fingerprint density at radius 1 is 0.857 bits per heavy atom. The number of hydrogen-bond acceptors (Lipinski definition) is 3. The molecule has 0 atom stereocenters. The van der Waals surface area contributed by atoms with Crippen molar-refractivity contribution < 1.29 is 9.84 Å². The molecule has 3 aromatic rings. The quantitative estimate of drug-likeness (QED) is 0.417. The van der Waals surface area contributed by atoms with Crippen LogP contribution in [0.3, 0.4) is 0 Å². The lowest BCUT2D eigenvalue weighted by molar-refractivity contribution is 0.318. The van der Waals surface area contributed by atoms with Gasteiger partial charge in [-0.3, -0.25) is 0 Å². The number of benzene rings is 3. The highest BCUT2D eigenvalue weighted by atomic mass is 16.5. The van der Waals surface area contributed by atoms with Crippen LogP contribution in [-0.4, -0.2) is 25.3 Å². The summed E-state index contributed by atoms with van der Waals surface area (Å²) < 4.78 is 5.71. The number of ether oxygens (including phenoxy) is 1. The van der Waals surface area contributed by atoms with E-state index in [0.717, 1.165) is 34.6 Å². The summed E-state index contributed by atoms with van der Waals surface area (Å²) in [5.41, 5.74) is 4.37. The van der Waals surface area contributed by atoms with Crippen LogP contribution in [0, 0.1) is 0 Å². The molecular formula is C25H29NO2. The smallest absolute Gasteiger partial charge is 0.119 e. The molecule has 0 radical (unpaired) electrons. The summed E-state index contributed by atoms with van der Waals surface area (Å²) in [4.78, 5) is 0. The molecule has 2 N–H and O–H groups in total. The van der Waals surface area contributed by atoms with Crippen LogP contribution in [0.1, 0.15) is 30.5 Å². The molecule has 0 aromatic heterocycles. The predicted octanol–water partition coefficient (Wildman–Crippen LogP) is 5.61. The van der Waals surface area contributed by atoms with Crippen LogP contribution in [-0.2, 0) is 0 Å². The topological polar surface area (TPSA) is 41.5 Å². The van der Waals surface area contributed by atoms with Gasteiger partial charge in [-0.05, 0) is 59.7 Å². The third-order valence-electron chi connectivity index (χ3n) is 4.07. The summed E-state index contributed by atoms with van der Waals surface area (Å²) in [5, 5.41) is 12.7. The second kappa shape index (κ2) is 11.6. The second-order valence-corrected chi connectivity index (χ2v) is 5.99. The van der Waals surface area contributed by atoms with Gasteiger partial charge in [0, 0.05) is 6.54 Å². The molecule has 0 aliphatic heterocycles. The van der Waals surface area contributed by atoms with E-state index in [4.69, 9.17) is 4.74 Å². The van der Waals surface area contributed by atoms with Crippen LogP contribution in [0.4, 0.5) is 0 Å². The van der Waals surface area contributed by atoms with Gasteiger partial charge in [-0.1, -0.05) is 68.4 Å². The Kier molecular flexibility index (Phi) is 8.83. The van der Waals surface area contributed by atoms with Crippen molar-refractivity contribution in [2.24, 2.45) is 0 Å². The molecule has 0 aliphatic carbocycles. The number of rotatable bonds is 7. The number of likely N-dealkylation sites (N-methyl/N-ethyl adjacent to an activating group) is 1. The van der Waals surface area contributed by atoms with Crippen LogP contribution in [0.15, 0.2) is 78.9 Å². The Bertz CT molecular complexity index is 838. The van der Waals surface area contributed by atoms with E-state index in [-0.39, 0.29) is 5.75 Å². The van der Waals surface area contributed by atoms with Gasteiger partial charge in [-0.25, -0.2) is 0 Å². The molecule has 0 spiro atoms. The van der Waals surface area contributed by atoms with E-state index in [1.165, 1.54) is 0 Å². The van der Waals surface area contributed by atoms with Crippen LogP contribution in [0.2, 0.25) is 0 Å². The number of aromatic hydroxyl groups is 1. The normalized spacial score (nSPS) is 10.8. The maximum Gasteiger partial charge on any atom is 0.119 e. The minimum atomic E-state index is 0.265. The van der Waals surface area contributed by atoms with Gasteiger partial charge < -0.3 is 15.2 Å².